The van der Waals surface area contributed by atoms with Gasteiger partial charge < -0.3 is 5.11 Å². The second-order valence-corrected chi connectivity index (χ2v) is 4.42. The summed E-state index contributed by atoms with van der Waals surface area (Å²) >= 11 is 5.71. The van der Waals surface area contributed by atoms with E-state index in [0.29, 0.717) is 17.0 Å². The Labute approximate surface area is 105 Å². The molecule has 1 aromatic rings. The van der Waals surface area contributed by atoms with Gasteiger partial charge in [0.25, 0.3) is 0 Å². The third kappa shape index (κ3) is 4.29. The summed E-state index contributed by atoms with van der Waals surface area (Å²) in [5.74, 6) is -0.633. The Morgan fingerprint density at radius 1 is 1.29 bits per heavy atom. The van der Waals surface area contributed by atoms with Gasteiger partial charge in [-0.05, 0) is 30.7 Å². The molecule has 0 spiro atoms. The standard InChI is InChI=1S/C13H15ClO3/c1-9(6-7-15)12(16)8-13(17)10-2-4-11(14)5-3-10/h2-5,9,15H,6-8H2,1H3. The molecule has 0 aliphatic rings. The first-order valence-electron chi connectivity index (χ1n) is 5.47. The highest BCUT2D eigenvalue weighted by Crippen LogP contribution is 2.13. The van der Waals surface area contributed by atoms with Crippen LogP contribution in [-0.4, -0.2) is 23.3 Å². The highest BCUT2D eigenvalue weighted by molar-refractivity contribution is 6.30. The van der Waals surface area contributed by atoms with Gasteiger partial charge in [-0.15, -0.1) is 0 Å². The fraction of sp³-hybridized carbons (Fsp3) is 0.385. The first-order valence-corrected chi connectivity index (χ1v) is 5.84. The van der Waals surface area contributed by atoms with Gasteiger partial charge >= 0.3 is 0 Å². The van der Waals surface area contributed by atoms with E-state index in [4.69, 9.17) is 16.7 Å². The number of hydrogen-bond donors (Lipinski definition) is 1. The second kappa shape index (κ2) is 6.52. The van der Waals surface area contributed by atoms with Crippen molar-refractivity contribution in [3.8, 4) is 0 Å². The minimum atomic E-state index is -0.281. The van der Waals surface area contributed by atoms with E-state index in [9.17, 15) is 9.59 Å². The van der Waals surface area contributed by atoms with Crippen LogP contribution in [0.4, 0.5) is 0 Å². The van der Waals surface area contributed by atoms with Gasteiger partial charge in [-0.3, -0.25) is 9.59 Å². The molecular formula is C13H15ClO3. The van der Waals surface area contributed by atoms with E-state index in [1.54, 1.807) is 31.2 Å². The molecule has 0 radical (unpaired) electrons. The Bertz CT molecular complexity index is 398. The summed E-state index contributed by atoms with van der Waals surface area (Å²) in [5, 5.41) is 9.27. The molecular weight excluding hydrogens is 240 g/mol. The molecule has 4 heteroatoms. The number of aliphatic hydroxyl groups excluding tert-OH is 1. The predicted molar refractivity (Wildman–Crippen MR) is 66.3 cm³/mol. The highest BCUT2D eigenvalue weighted by Gasteiger charge is 2.17. The van der Waals surface area contributed by atoms with E-state index in [1.807, 2.05) is 0 Å². The van der Waals surface area contributed by atoms with Crippen LogP contribution in [0.1, 0.15) is 30.1 Å². The first-order chi connectivity index (χ1) is 8.04. The number of carbonyl (C=O) groups excluding carboxylic acids is 2. The molecule has 1 unspecified atom stereocenters. The summed E-state index contributed by atoms with van der Waals surface area (Å²) < 4.78 is 0. The van der Waals surface area contributed by atoms with Crippen molar-refractivity contribution >= 4 is 23.2 Å². The smallest absolute Gasteiger partial charge is 0.170 e. The van der Waals surface area contributed by atoms with Gasteiger partial charge in [-0.25, -0.2) is 0 Å². The second-order valence-electron chi connectivity index (χ2n) is 3.99. The lowest BCUT2D eigenvalue weighted by molar-refractivity contribution is -0.121. The fourth-order valence-corrected chi connectivity index (χ4v) is 1.55. The van der Waals surface area contributed by atoms with Crippen LogP contribution < -0.4 is 0 Å². The molecule has 1 N–H and O–H groups in total. The van der Waals surface area contributed by atoms with E-state index < -0.39 is 0 Å². The largest absolute Gasteiger partial charge is 0.396 e. The molecule has 1 atom stereocenters. The average molecular weight is 255 g/mol. The van der Waals surface area contributed by atoms with Gasteiger partial charge in [-0.1, -0.05) is 18.5 Å². The van der Waals surface area contributed by atoms with Crippen molar-refractivity contribution in [1.29, 1.82) is 0 Å². The van der Waals surface area contributed by atoms with Crippen LogP contribution in [0.15, 0.2) is 24.3 Å². The fourth-order valence-electron chi connectivity index (χ4n) is 1.42. The molecule has 0 aliphatic carbocycles. The van der Waals surface area contributed by atoms with Crippen molar-refractivity contribution in [3.63, 3.8) is 0 Å². The lowest BCUT2D eigenvalue weighted by atomic mass is 9.96. The molecule has 17 heavy (non-hydrogen) atoms. The third-order valence-electron chi connectivity index (χ3n) is 2.61. The zero-order valence-electron chi connectivity index (χ0n) is 9.65. The first kappa shape index (κ1) is 13.9. The SMILES string of the molecule is CC(CCO)C(=O)CC(=O)c1ccc(Cl)cc1. The van der Waals surface area contributed by atoms with Gasteiger partial charge in [0.15, 0.2) is 5.78 Å². The average Bonchev–Trinajstić information content (AvgIpc) is 2.30. The van der Waals surface area contributed by atoms with Gasteiger partial charge in [-0.2, -0.15) is 0 Å². The Kier molecular flexibility index (Phi) is 5.32. The van der Waals surface area contributed by atoms with Crippen molar-refractivity contribution in [1.82, 2.24) is 0 Å². The summed E-state index contributed by atoms with van der Waals surface area (Å²) in [6.07, 6.45) is 0.273. The number of halogens is 1. The lowest BCUT2D eigenvalue weighted by Crippen LogP contribution is -2.16. The topological polar surface area (TPSA) is 54.4 Å². The summed E-state index contributed by atoms with van der Waals surface area (Å²) in [7, 11) is 0. The number of rotatable bonds is 6. The Hall–Kier alpha value is -1.19. The normalized spacial score (nSPS) is 12.2. The van der Waals surface area contributed by atoms with E-state index in [0.717, 1.165) is 0 Å². The van der Waals surface area contributed by atoms with E-state index in [-0.39, 0.29) is 30.5 Å². The minimum Gasteiger partial charge on any atom is -0.396 e. The molecule has 0 saturated carbocycles. The lowest BCUT2D eigenvalue weighted by Gasteiger charge is -2.07. The maximum Gasteiger partial charge on any atom is 0.170 e. The van der Waals surface area contributed by atoms with Crippen molar-refractivity contribution in [2.24, 2.45) is 5.92 Å². The maximum absolute atomic E-state index is 11.7. The highest BCUT2D eigenvalue weighted by atomic mass is 35.5. The molecule has 0 aliphatic heterocycles. The zero-order valence-corrected chi connectivity index (χ0v) is 10.4. The van der Waals surface area contributed by atoms with Crippen LogP contribution in [0.25, 0.3) is 0 Å². The summed E-state index contributed by atoms with van der Waals surface area (Å²) in [4.78, 5) is 23.4. The van der Waals surface area contributed by atoms with Crippen molar-refractivity contribution in [2.45, 2.75) is 19.8 Å². The number of Topliss-reactive ketones (excluding diaryl/α,β-unsaturated/α-hetero) is 2. The molecule has 0 heterocycles. The van der Waals surface area contributed by atoms with Crippen LogP contribution in [0.2, 0.25) is 5.02 Å². The number of aliphatic hydroxyl groups is 1. The zero-order chi connectivity index (χ0) is 12.8. The van der Waals surface area contributed by atoms with Crippen LogP contribution in [-0.2, 0) is 4.79 Å². The predicted octanol–water partition coefficient (Wildman–Crippen LogP) is 2.50. The van der Waals surface area contributed by atoms with Gasteiger partial charge in [0, 0.05) is 23.1 Å². The van der Waals surface area contributed by atoms with Crippen LogP contribution in [0.3, 0.4) is 0 Å². The minimum absolute atomic E-state index is 0.0396. The summed E-state index contributed by atoms with van der Waals surface area (Å²) in [6.45, 7) is 1.68. The van der Waals surface area contributed by atoms with Gasteiger partial charge in [0.1, 0.15) is 5.78 Å². The van der Waals surface area contributed by atoms with Crippen molar-refractivity contribution in [3.05, 3.63) is 34.9 Å². The van der Waals surface area contributed by atoms with Crippen LogP contribution in [0.5, 0.6) is 0 Å². The molecule has 1 rings (SSSR count). The Morgan fingerprint density at radius 2 is 1.88 bits per heavy atom. The maximum atomic E-state index is 11.7. The molecule has 0 saturated heterocycles. The van der Waals surface area contributed by atoms with E-state index >= 15 is 0 Å². The quantitative estimate of drug-likeness (QED) is 0.627. The van der Waals surface area contributed by atoms with E-state index in [1.165, 1.54) is 0 Å². The molecule has 92 valence electrons. The van der Waals surface area contributed by atoms with Gasteiger partial charge in [0.2, 0.25) is 0 Å². The summed E-state index contributed by atoms with van der Waals surface area (Å²) in [6, 6.07) is 6.45. The Balaban J connectivity index is 2.60. The number of ketones is 2. The van der Waals surface area contributed by atoms with E-state index in [2.05, 4.69) is 0 Å². The number of hydrogen-bond acceptors (Lipinski definition) is 3. The van der Waals surface area contributed by atoms with Crippen molar-refractivity contribution in [2.75, 3.05) is 6.61 Å². The Morgan fingerprint density at radius 3 is 2.41 bits per heavy atom. The van der Waals surface area contributed by atoms with Crippen LogP contribution in [0, 0.1) is 5.92 Å². The monoisotopic (exact) mass is 254 g/mol. The molecule has 0 aromatic heterocycles. The summed E-state index contributed by atoms with van der Waals surface area (Å²) in [5.41, 5.74) is 0.485. The molecule has 0 fully saturated rings. The molecule has 0 amide bonds. The number of benzene rings is 1. The molecule has 0 bridgehead atoms. The molecule has 3 nitrogen and oxygen atoms in total. The van der Waals surface area contributed by atoms with Gasteiger partial charge in [0.05, 0.1) is 6.42 Å². The molecule has 1 aromatic carbocycles. The van der Waals surface area contributed by atoms with Crippen LogP contribution >= 0.6 is 11.6 Å². The van der Waals surface area contributed by atoms with Crippen molar-refractivity contribution < 1.29 is 14.7 Å². The third-order valence-corrected chi connectivity index (χ3v) is 2.86. The number of carbonyl (C=O) groups is 2.